The first kappa shape index (κ1) is 27.5. The van der Waals surface area contributed by atoms with E-state index < -0.39 is 6.10 Å². The molecule has 206 valence electrons. The van der Waals surface area contributed by atoms with Gasteiger partial charge in [0.05, 0.1) is 16.4 Å². The Hall–Kier alpha value is -3.08. The Labute approximate surface area is 237 Å². The number of benzene rings is 1. The number of hydrogen-bond acceptors (Lipinski definition) is 8. The average molecular weight is 567 g/mol. The van der Waals surface area contributed by atoms with Gasteiger partial charge in [-0.25, -0.2) is 4.98 Å². The van der Waals surface area contributed by atoms with E-state index in [4.69, 9.17) is 9.72 Å². The van der Waals surface area contributed by atoms with Crippen molar-refractivity contribution in [2.45, 2.75) is 39.2 Å². The SMILES string of the molecule is CCN(CC)C(=O)C1CCCN(CCCN(C(=O)c2cccs2)c2nc(C3Oc4ccccc4C3=O)cs2)C1. The van der Waals surface area contributed by atoms with Gasteiger partial charge in [0.2, 0.25) is 17.8 Å². The second-order valence-corrected chi connectivity index (χ2v) is 11.6. The molecule has 2 unspecified atom stereocenters. The van der Waals surface area contributed by atoms with Crippen LogP contribution < -0.4 is 9.64 Å². The Morgan fingerprint density at radius 3 is 2.69 bits per heavy atom. The number of likely N-dealkylation sites (tertiary alicyclic amines) is 1. The molecular weight excluding hydrogens is 532 g/mol. The summed E-state index contributed by atoms with van der Waals surface area (Å²) in [6, 6.07) is 10.9. The molecule has 2 aliphatic rings. The average Bonchev–Trinajstić information content (AvgIpc) is 3.73. The zero-order valence-corrected chi connectivity index (χ0v) is 24.0. The molecule has 1 fully saturated rings. The summed E-state index contributed by atoms with van der Waals surface area (Å²) in [5.41, 5.74) is 1.08. The number of nitrogens with zero attached hydrogens (tertiary/aromatic N) is 4. The van der Waals surface area contributed by atoms with Crippen LogP contribution in [0, 0.1) is 5.92 Å². The molecule has 2 aliphatic heterocycles. The number of thiophene rings is 1. The second-order valence-electron chi connectivity index (χ2n) is 9.85. The maximum Gasteiger partial charge on any atom is 0.270 e. The third kappa shape index (κ3) is 5.92. The van der Waals surface area contributed by atoms with Gasteiger partial charge in [-0.05, 0) is 69.8 Å². The lowest BCUT2D eigenvalue weighted by Gasteiger charge is -2.34. The van der Waals surface area contributed by atoms with Gasteiger partial charge in [0.15, 0.2) is 5.13 Å². The molecule has 0 saturated carbocycles. The Bertz CT molecular complexity index is 1300. The van der Waals surface area contributed by atoms with Crippen molar-refractivity contribution in [3.8, 4) is 5.75 Å². The van der Waals surface area contributed by atoms with Gasteiger partial charge in [0.25, 0.3) is 5.91 Å². The van der Waals surface area contributed by atoms with Crippen LogP contribution in [0.5, 0.6) is 5.75 Å². The highest BCUT2D eigenvalue weighted by atomic mass is 32.1. The van der Waals surface area contributed by atoms with E-state index >= 15 is 0 Å². The van der Waals surface area contributed by atoms with Gasteiger partial charge in [-0.15, -0.1) is 22.7 Å². The minimum atomic E-state index is -0.792. The van der Waals surface area contributed by atoms with E-state index in [2.05, 4.69) is 4.90 Å². The number of para-hydroxylation sites is 1. The first-order valence-corrected chi connectivity index (χ1v) is 15.4. The third-order valence-corrected chi connectivity index (χ3v) is 9.15. The molecule has 5 rings (SSSR count). The smallest absolute Gasteiger partial charge is 0.270 e. The van der Waals surface area contributed by atoms with E-state index in [1.807, 2.05) is 53.8 Å². The standard InChI is InChI=1S/C29H34N4O4S2/c1-3-32(4-2)27(35)20-10-7-14-31(18-20)15-9-16-33(28(36)24-13-8-17-38-24)29-30-22(19-39-29)26-25(34)21-11-5-6-12-23(21)37-26/h5-6,8,11-13,17,19-20,26H,3-4,7,9-10,14-16,18H2,1-2H3. The maximum atomic E-state index is 13.5. The van der Waals surface area contributed by atoms with Gasteiger partial charge in [0.1, 0.15) is 11.4 Å². The Morgan fingerprint density at radius 2 is 1.95 bits per heavy atom. The molecular formula is C29H34N4O4S2. The molecule has 2 atom stereocenters. The molecule has 4 heterocycles. The molecule has 10 heteroatoms. The number of amides is 2. The molecule has 1 aromatic carbocycles. The fourth-order valence-electron chi connectivity index (χ4n) is 5.33. The number of rotatable bonds is 10. The van der Waals surface area contributed by atoms with Crippen molar-refractivity contribution >= 4 is 45.4 Å². The van der Waals surface area contributed by atoms with E-state index in [0.717, 1.165) is 52.0 Å². The van der Waals surface area contributed by atoms with Crippen molar-refractivity contribution in [1.82, 2.24) is 14.8 Å². The summed E-state index contributed by atoms with van der Waals surface area (Å²) in [4.78, 5) is 50.7. The van der Waals surface area contributed by atoms with Gasteiger partial charge in [-0.3, -0.25) is 19.3 Å². The van der Waals surface area contributed by atoms with Crippen molar-refractivity contribution in [3.63, 3.8) is 0 Å². The van der Waals surface area contributed by atoms with E-state index in [0.29, 0.717) is 33.6 Å². The molecule has 0 spiro atoms. The Morgan fingerprint density at radius 1 is 1.13 bits per heavy atom. The van der Waals surface area contributed by atoms with Crippen LogP contribution in [0.4, 0.5) is 5.13 Å². The van der Waals surface area contributed by atoms with Crippen molar-refractivity contribution < 1.29 is 19.1 Å². The largest absolute Gasteiger partial charge is 0.475 e. The summed E-state index contributed by atoms with van der Waals surface area (Å²) < 4.78 is 5.91. The predicted molar refractivity (Wildman–Crippen MR) is 154 cm³/mol. The van der Waals surface area contributed by atoms with Crippen LogP contribution >= 0.6 is 22.7 Å². The second kappa shape index (κ2) is 12.4. The number of piperidine rings is 1. The highest BCUT2D eigenvalue weighted by molar-refractivity contribution is 7.14. The number of carbonyl (C=O) groups excluding carboxylic acids is 3. The molecule has 0 N–H and O–H groups in total. The van der Waals surface area contributed by atoms with Crippen molar-refractivity contribution in [2.24, 2.45) is 5.92 Å². The van der Waals surface area contributed by atoms with Crippen LogP contribution in [0.3, 0.4) is 0 Å². The summed E-state index contributed by atoms with van der Waals surface area (Å²) in [6.45, 7) is 8.55. The number of Topliss-reactive ketones (excluding diaryl/α,β-unsaturated/α-hetero) is 1. The molecule has 3 aromatic rings. The number of ether oxygens (including phenoxy) is 1. The summed E-state index contributed by atoms with van der Waals surface area (Å²) in [7, 11) is 0. The van der Waals surface area contributed by atoms with Gasteiger partial charge in [0, 0.05) is 31.6 Å². The van der Waals surface area contributed by atoms with E-state index in [-0.39, 0.29) is 23.5 Å². The predicted octanol–water partition coefficient (Wildman–Crippen LogP) is 5.14. The Balaban J connectivity index is 1.26. The van der Waals surface area contributed by atoms with Crippen LogP contribution in [0.15, 0.2) is 47.2 Å². The number of hydrogen-bond donors (Lipinski definition) is 0. The molecule has 2 amide bonds. The van der Waals surface area contributed by atoms with Gasteiger partial charge < -0.3 is 14.5 Å². The fraction of sp³-hybridized carbons (Fsp3) is 0.448. The number of carbonyl (C=O) groups is 3. The van der Waals surface area contributed by atoms with Crippen LogP contribution in [-0.4, -0.2) is 71.6 Å². The van der Waals surface area contributed by atoms with Crippen molar-refractivity contribution in [3.05, 3.63) is 63.3 Å². The molecule has 2 aromatic heterocycles. The minimum absolute atomic E-state index is 0.0390. The summed E-state index contributed by atoms with van der Waals surface area (Å²) >= 11 is 2.76. The quantitative estimate of drug-likeness (QED) is 0.338. The Kier molecular flexibility index (Phi) is 8.74. The highest BCUT2D eigenvalue weighted by Gasteiger charge is 2.36. The summed E-state index contributed by atoms with van der Waals surface area (Å²) in [5.74, 6) is 0.642. The topological polar surface area (TPSA) is 83.1 Å². The van der Waals surface area contributed by atoms with Crippen LogP contribution in [0.2, 0.25) is 0 Å². The minimum Gasteiger partial charge on any atom is -0.475 e. The van der Waals surface area contributed by atoms with Crippen molar-refractivity contribution in [1.29, 1.82) is 0 Å². The van der Waals surface area contributed by atoms with Crippen molar-refractivity contribution in [2.75, 3.05) is 44.2 Å². The molecule has 39 heavy (non-hydrogen) atoms. The van der Waals surface area contributed by atoms with E-state index in [1.165, 1.54) is 22.7 Å². The lowest BCUT2D eigenvalue weighted by molar-refractivity contribution is -0.137. The van der Waals surface area contributed by atoms with Gasteiger partial charge >= 0.3 is 0 Å². The molecule has 8 nitrogen and oxygen atoms in total. The van der Waals surface area contributed by atoms with Crippen LogP contribution in [0.1, 0.15) is 64.9 Å². The first-order valence-electron chi connectivity index (χ1n) is 13.6. The number of fused-ring (bicyclic) bond motifs is 1. The molecule has 0 aliphatic carbocycles. The van der Waals surface area contributed by atoms with Gasteiger partial charge in [-0.1, -0.05) is 18.2 Å². The summed E-state index contributed by atoms with van der Waals surface area (Å²) in [6.07, 6.45) is 1.90. The fourth-order valence-corrected chi connectivity index (χ4v) is 6.87. The van der Waals surface area contributed by atoms with Crippen LogP contribution in [-0.2, 0) is 4.79 Å². The number of thiazole rings is 1. The monoisotopic (exact) mass is 566 g/mol. The van der Waals surface area contributed by atoms with Crippen LogP contribution in [0.25, 0.3) is 0 Å². The maximum absolute atomic E-state index is 13.5. The molecule has 1 saturated heterocycles. The lowest BCUT2D eigenvalue weighted by Crippen LogP contribution is -2.45. The molecule has 0 bridgehead atoms. The normalized spacial score (nSPS) is 19.0. The summed E-state index contributed by atoms with van der Waals surface area (Å²) in [5, 5.41) is 4.26. The zero-order valence-electron chi connectivity index (χ0n) is 22.4. The number of ketones is 1. The lowest BCUT2D eigenvalue weighted by atomic mass is 9.96. The zero-order chi connectivity index (χ0) is 27.4. The number of anilines is 1. The van der Waals surface area contributed by atoms with E-state index in [1.54, 1.807) is 17.0 Å². The van der Waals surface area contributed by atoms with Gasteiger partial charge in [-0.2, -0.15) is 0 Å². The molecule has 0 radical (unpaired) electrons. The number of aromatic nitrogens is 1. The third-order valence-electron chi connectivity index (χ3n) is 7.41. The first-order chi connectivity index (χ1) is 19.0. The van der Waals surface area contributed by atoms with E-state index in [9.17, 15) is 14.4 Å². The highest BCUT2D eigenvalue weighted by Crippen LogP contribution is 2.38.